The summed E-state index contributed by atoms with van der Waals surface area (Å²) >= 11 is 0. The third-order valence-electron chi connectivity index (χ3n) is 2.49. The van der Waals surface area contributed by atoms with E-state index in [0.29, 0.717) is 25.5 Å². The van der Waals surface area contributed by atoms with Crippen LogP contribution in [0.4, 0.5) is 0 Å². The highest BCUT2D eigenvalue weighted by molar-refractivity contribution is 5.69. The van der Waals surface area contributed by atoms with E-state index in [2.05, 4.69) is 10.3 Å². The highest BCUT2D eigenvalue weighted by Gasteiger charge is 2.15. The number of unbranched alkanes of at least 4 members (excludes halogenated alkanes) is 1. The Morgan fingerprint density at radius 1 is 1.33 bits per heavy atom. The maximum absolute atomic E-state index is 10.7. The maximum atomic E-state index is 10.7. The van der Waals surface area contributed by atoms with Gasteiger partial charge in [-0.2, -0.15) is 0 Å². The first-order valence-corrected chi connectivity index (χ1v) is 5.80. The zero-order chi connectivity index (χ0) is 13.4. The number of carboxylic acid groups (broad SMARTS) is 1. The second-order valence-corrected chi connectivity index (χ2v) is 3.91. The van der Waals surface area contributed by atoms with Crippen LogP contribution in [0.1, 0.15) is 24.2 Å². The van der Waals surface area contributed by atoms with Gasteiger partial charge in [0.25, 0.3) is 0 Å². The number of rotatable bonds is 9. The summed E-state index contributed by atoms with van der Waals surface area (Å²) in [6.07, 6.45) is 1.70. The second kappa shape index (κ2) is 7.78. The van der Waals surface area contributed by atoms with Gasteiger partial charge in [0.05, 0.1) is 24.4 Å². The lowest BCUT2D eigenvalue weighted by Crippen LogP contribution is -2.10. The Bertz CT molecular complexity index is 378. The fraction of sp³-hybridized carbons (Fsp3) is 0.727. The third kappa shape index (κ3) is 4.42. The molecule has 0 aliphatic carbocycles. The number of carbonyl (C=O) groups is 1. The first-order chi connectivity index (χ1) is 8.69. The summed E-state index contributed by atoms with van der Waals surface area (Å²) in [5, 5.41) is 16.6. The Morgan fingerprint density at radius 2 is 2.11 bits per heavy atom. The van der Waals surface area contributed by atoms with Gasteiger partial charge in [-0.05, 0) is 12.8 Å². The Morgan fingerprint density at radius 3 is 2.72 bits per heavy atom. The summed E-state index contributed by atoms with van der Waals surface area (Å²) in [6, 6.07) is 0. The van der Waals surface area contributed by atoms with Crippen LogP contribution >= 0.6 is 0 Å². The van der Waals surface area contributed by atoms with E-state index < -0.39 is 5.97 Å². The average molecular weight is 257 g/mol. The van der Waals surface area contributed by atoms with Crippen molar-refractivity contribution in [1.82, 2.24) is 15.0 Å². The molecule has 0 fully saturated rings. The van der Waals surface area contributed by atoms with Crippen LogP contribution in [0.25, 0.3) is 0 Å². The van der Waals surface area contributed by atoms with Gasteiger partial charge in [0.2, 0.25) is 0 Å². The molecule has 1 aromatic rings. The average Bonchev–Trinajstić information content (AvgIpc) is 2.68. The fourth-order valence-corrected chi connectivity index (χ4v) is 1.63. The predicted molar refractivity (Wildman–Crippen MR) is 63.2 cm³/mol. The van der Waals surface area contributed by atoms with E-state index in [-0.39, 0.29) is 6.42 Å². The molecule has 1 N–H and O–H groups in total. The standard InChI is InChI=1S/C11H19N3O4/c1-17-6-4-3-5-14-10(8-18-2)9(12-13-14)7-11(15)16/h3-8H2,1-2H3,(H,15,16). The van der Waals surface area contributed by atoms with Crippen molar-refractivity contribution in [2.45, 2.75) is 32.4 Å². The van der Waals surface area contributed by atoms with Gasteiger partial charge in [-0.25, -0.2) is 4.68 Å². The Balaban J connectivity index is 2.65. The summed E-state index contributed by atoms with van der Waals surface area (Å²) in [5.41, 5.74) is 1.20. The number of carboxylic acids is 1. The molecule has 0 aliphatic heterocycles. The van der Waals surface area contributed by atoms with Crippen molar-refractivity contribution in [3.05, 3.63) is 11.4 Å². The summed E-state index contributed by atoms with van der Waals surface area (Å²) < 4.78 is 11.7. The van der Waals surface area contributed by atoms with Gasteiger partial charge in [0.15, 0.2) is 0 Å². The molecule has 0 aromatic carbocycles. The predicted octanol–water partition coefficient (Wildman–Crippen LogP) is 0.478. The van der Waals surface area contributed by atoms with Crippen molar-refractivity contribution in [2.75, 3.05) is 20.8 Å². The minimum Gasteiger partial charge on any atom is -0.481 e. The molecule has 1 rings (SSSR count). The highest BCUT2D eigenvalue weighted by Crippen LogP contribution is 2.09. The molecule has 18 heavy (non-hydrogen) atoms. The summed E-state index contributed by atoms with van der Waals surface area (Å²) in [6.45, 7) is 1.71. The van der Waals surface area contributed by atoms with Crippen LogP contribution in [0.5, 0.6) is 0 Å². The molecule has 0 saturated carbocycles. The van der Waals surface area contributed by atoms with Gasteiger partial charge >= 0.3 is 5.97 Å². The number of aliphatic carboxylic acids is 1. The lowest BCUT2D eigenvalue weighted by Gasteiger charge is -2.06. The number of aromatic nitrogens is 3. The maximum Gasteiger partial charge on any atom is 0.309 e. The zero-order valence-corrected chi connectivity index (χ0v) is 10.8. The number of aryl methyl sites for hydroxylation is 1. The largest absolute Gasteiger partial charge is 0.481 e. The topological polar surface area (TPSA) is 86.5 Å². The second-order valence-electron chi connectivity index (χ2n) is 3.91. The Kier molecular flexibility index (Phi) is 6.31. The van der Waals surface area contributed by atoms with Gasteiger partial charge in [-0.1, -0.05) is 5.21 Å². The molecule has 0 aliphatic rings. The monoisotopic (exact) mass is 257 g/mol. The van der Waals surface area contributed by atoms with E-state index in [4.69, 9.17) is 14.6 Å². The number of hydrogen-bond donors (Lipinski definition) is 1. The molecular formula is C11H19N3O4. The van der Waals surface area contributed by atoms with Crippen molar-refractivity contribution >= 4 is 5.97 Å². The van der Waals surface area contributed by atoms with Crippen LogP contribution in [0.3, 0.4) is 0 Å². The van der Waals surface area contributed by atoms with Crippen molar-refractivity contribution in [2.24, 2.45) is 0 Å². The minimum absolute atomic E-state index is 0.128. The summed E-state index contributed by atoms with van der Waals surface area (Å²) in [4.78, 5) is 10.7. The lowest BCUT2D eigenvalue weighted by molar-refractivity contribution is -0.136. The highest BCUT2D eigenvalue weighted by atomic mass is 16.5. The molecule has 102 valence electrons. The van der Waals surface area contributed by atoms with Crippen LogP contribution in [0.15, 0.2) is 0 Å². The number of hydrogen-bond acceptors (Lipinski definition) is 5. The smallest absolute Gasteiger partial charge is 0.309 e. The lowest BCUT2D eigenvalue weighted by atomic mass is 10.2. The molecule has 7 nitrogen and oxygen atoms in total. The molecule has 0 bridgehead atoms. The molecule has 0 radical (unpaired) electrons. The zero-order valence-electron chi connectivity index (χ0n) is 10.8. The van der Waals surface area contributed by atoms with E-state index in [1.165, 1.54) is 0 Å². The van der Waals surface area contributed by atoms with Crippen LogP contribution < -0.4 is 0 Å². The van der Waals surface area contributed by atoms with Crippen LogP contribution in [0.2, 0.25) is 0 Å². The molecule has 7 heteroatoms. The van der Waals surface area contributed by atoms with E-state index in [1.54, 1.807) is 18.9 Å². The van der Waals surface area contributed by atoms with Gasteiger partial charge in [0.1, 0.15) is 0 Å². The Hall–Kier alpha value is -1.47. The van der Waals surface area contributed by atoms with Crippen molar-refractivity contribution in [1.29, 1.82) is 0 Å². The first-order valence-electron chi connectivity index (χ1n) is 5.80. The minimum atomic E-state index is -0.918. The molecule has 0 amide bonds. The number of nitrogens with zero attached hydrogens (tertiary/aromatic N) is 3. The van der Waals surface area contributed by atoms with Gasteiger partial charge in [-0.3, -0.25) is 4.79 Å². The van der Waals surface area contributed by atoms with Crippen molar-refractivity contribution < 1.29 is 19.4 Å². The fourth-order valence-electron chi connectivity index (χ4n) is 1.63. The van der Waals surface area contributed by atoms with Gasteiger partial charge in [-0.15, -0.1) is 5.10 Å². The third-order valence-corrected chi connectivity index (χ3v) is 2.49. The van der Waals surface area contributed by atoms with Crippen molar-refractivity contribution in [3.63, 3.8) is 0 Å². The van der Waals surface area contributed by atoms with Crippen molar-refractivity contribution in [3.8, 4) is 0 Å². The van der Waals surface area contributed by atoms with E-state index in [0.717, 1.165) is 18.5 Å². The number of ether oxygens (including phenoxy) is 2. The van der Waals surface area contributed by atoms with E-state index in [1.807, 2.05) is 0 Å². The summed E-state index contributed by atoms with van der Waals surface area (Å²) in [5.74, 6) is -0.918. The van der Waals surface area contributed by atoms with Crippen LogP contribution in [-0.2, 0) is 33.8 Å². The van der Waals surface area contributed by atoms with Crippen LogP contribution in [-0.4, -0.2) is 46.9 Å². The SMILES string of the molecule is COCCCCn1nnc(CC(=O)O)c1COC. The van der Waals surface area contributed by atoms with Gasteiger partial charge in [0, 0.05) is 27.4 Å². The summed E-state index contributed by atoms with van der Waals surface area (Å²) in [7, 11) is 3.23. The molecule has 0 atom stereocenters. The molecule has 0 spiro atoms. The molecule has 1 aromatic heterocycles. The molecule has 0 unspecified atom stereocenters. The quantitative estimate of drug-likeness (QED) is 0.647. The van der Waals surface area contributed by atoms with E-state index >= 15 is 0 Å². The molecule has 0 saturated heterocycles. The van der Waals surface area contributed by atoms with Crippen LogP contribution in [0, 0.1) is 0 Å². The number of methoxy groups -OCH3 is 2. The Labute approximate surface area is 106 Å². The molecular weight excluding hydrogens is 238 g/mol. The van der Waals surface area contributed by atoms with Gasteiger partial charge < -0.3 is 14.6 Å². The first kappa shape index (κ1) is 14.6. The van der Waals surface area contributed by atoms with E-state index in [9.17, 15) is 4.79 Å². The molecule has 1 heterocycles. The normalized spacial score (nSPS) is 10.8.